The van der Waals surface area contributed by atoms with Gasteiger partial charge in [-0.25, -0.2) is 4.39 Å². The minimum absolute atomic E-state index is 0.0903. The summed E-state index contributed by atoms with van der Waals surface area (Å²) in [6.07, 6.45) is 6.62. The lowest BCUT2D eigenvalue weighted by atomic mass is 10.0. The molecule has 0 spiro atoms. The predicted octanol–water partition coefficient (Wildman–Crippen LogP) is 4.59. The molecule has 3 heteroatoms. The van der Waals surface area contributed by atoms with E-state index in [9.17, 15) is 4.39 Å². The van der Waals surface area contributed by atoms with Gasteiger partial charge in [0.15, 0.2) is 0 Å². The average Bonchev–Trinajstić information content (AvgIpc) is 2.46. The third-order valence-corrected chi connectivity index (χ3v) is 3.58. The Morgan fingerprint density at radius 2 is 1.90 bits per heavy atom. The summed E-state index contributed by atoms with van der Waals surface area (Å²) in [6, 6.07) is 6.48. The lowest BCUT2D eigenvalue weighted by Crippen LogP contribution is -2.30. The molecule has 114 valence electrons. The summed E-state index contributed by atoms with van der Waals surface area (Å²) in [6.45, 7) is 4.93. The number of hydrogen-bond acceptors (Lipinski definition) is 2. The van der Waals surface area contributed by atoms with Crippen LogP contribution in [0.4, 0.5) is 4.39 Å². The third kappa shape index (κ3) is 6.02. The van der Waals surface area contributed by atoms with Crippen molar-refractivity contribution in [2.45, 2.75) is 64.5 Å². The molecule has 1 aromatic carbocycles. The van der Waals surface area contributed by atoms with Gasteiger partial charge in [0, 0.05) is 12.6 Å². The molecule has 1 rings (SSSR count). The normalized spacial score (nSPS) is 14.2. The van der Waals surface area contributed by atoms with E-state index in [1.165, 1.54) is 37.8 Å². The first-order valence-electron chi connectivity index (χ1n) is 7.81. The zero-order valence-corrected chi connectivity index (χ0v) is 12.8. The first-order valence-corrected chi connectivity index (χ1v) is 7.81. The van der Waals surface area contributed by atoms with Crippen LogP contribution in [-0.4, -0.2) is 12.6 Å². The zero-order valence-electron chi connectivity index (χ0n) is 12.8. The van der Waals surface area contributed by atoms with Crippen LogP contribution >= 0.6 is 0 Å². The number of ether oxygens (including phenoxy) is 1. The Labute approximate surface area is 122 Å². The number of nitrogens with two attached hydrogens (primary N) is 1. The van der Waals surface area contributed by atoms with E-state index in [-0.39, 0.29) is 18.0 Å². The Morgan fingerprint density at radius 3 is 2.55 bits per heavy atom. The predicted molar refractivity (Wildman–Crippen MR) is 82.1 cm³/mol. The van der Waals surface area contributed by atoms with Crippen molar-refractivity contribution in [3.8, 4) is 0 Å². The summed E-state index contributed by atoms with van der Waals surface area (Å²) in [5.74, 6) is -0.234. The highest BCUT2D eigenvalue weighted by Crippen LogP contribution is 2.23. The number of halogens is 1. The standard InChI is InChI=1S/C17H28FNO/c1-3-5-6-7-8-12-20-17(16(19)4-2)14-10-9-11-15(18)13-14/h9-11,13,16-17H,3-8,12,19H2,1-2H3. The fourth-order valence-electron chi connectivity index (χ4n) is 2.28. The van der Waals surface area contributed by atoms with E-state index in [0.717, 1.165) is 18.4 Å². The second-order valence-corrected chi connectivity index (χ2v) is 5.33. The molecular formula is C17H28FNO. The highest BCUT2D eigenvalue weighted by Gasteiger charge is 2.19. The summed E-state index contributed by atoms with van der Waals surface area (Å²) < 4.78 is 19.3. The minimum Gasteiger partial charge on any atom is -0.372 e. The fourth-order valence-corrected chi connectivity index (χ4v) is 2.28. The van der Waals surface area contributed by atoms with Crippen molar-refractivity contribution in [1.29, 1.82) is 0 Å². The average molecular weight is 281 g/mol. The molecule has 2 unspecified atom stereocenters. The van der Waals surface area contributed by atoms with Crippen molar-refractivity contribution in [3.63, 3.8) is 0 Å². The molecule has 0 aliphatic heterocycles. The van der Waals surface area contributed by atoms with Crippen LogP contribution in [0, 0.1) is 5.82 Å². The molecule has 2 nitrogen and oxygen atoms in total. The monoisotopic (exact) mass is 281 g/mol. The van der Waals surface area contributed by atoms with Gasteiger partial charge < -0.3 is 10.5 Å². The maximum Gasteiger partial charge on any atom is 0.123 e. The van der Waals surface area contributed by atoms with Crippen LogP contribution in [0.25, 0.3) is 0 Å². The molecule has 0 aliphatic rings. The highest BCUT2D eigenvalue weighted by atomic mass is 19.1. The van der Waals surface area contributed by atoms with Crippen LogP contribution in [0.2, 0.25) is 0 Å². The molecule has 20 heavy (non-hydrogen) atoms. The topological polar surface area (TPSA) is 35.2 Å². The van der Waals surface area contributed by atoms with E-state index in [4.69, 9.17) is 10.5 Å². The van der Waals surface area contributed by atoms with Crippen LogP contribution in [-0.2, 0) is 4.74 Å². The number of rotatable bonds is 10. The lowest BCUT2D eigenvalue weighted by Gasteiger charge is -2.24. The van der Waals surface area contributed by atoms with Crippen molar-refractivity contribution in [2.24, 2.45) is 5.73 Å². The van der Waals surface area contributed by atoms with Crippen molar-refractivity contribution in [3.05, 3.63) is 35.6 Å². The molecule has 2 atom stereocenters. The maximum absolute atomic E-state index is 13.3. The summed E-state index contributed by atoms with van der Waals surface area (Å²) in [4.78, 5) is 0. The van der Waals surface area contributed by atoms with Gasteiger partial charge in [-0.15, -0.1) is 0 Å². The molecule has 0 saturated heterocycles. The minimum atomic E-state index is -0.234. The smallest absolute Gasteiger partial charge is 0.123 e. The second-order valence-electron chi connectivity index (χ2n) is 5.33. The van der Waals surface area contributed by atoms with Crippen LogP contribution < -0.4 is 5.73 Å². The van der Waals surface area contributed by atoms with Crippen molar-refractivity contribution in [1.82, 2.24) is 0 Å². The highest BCUT2D eigenvalue weighted by molar-refractivity contribution is 5.20. The van der Waals surface area contributed by atoms with Gasteiger partial charge in [-0.3, -0.25) is 0 Å². The Bertz CT molecular complexity index is 370. The number of benzene rings is 1. The summed E-state index contributed by atoms with van der Waals surface area (Å²) >= 11 is 0. The van der Waals surface area contributed by atoms with Gasteiger partial charge in [0.2, 0.25) is 0 Å². The maximum atomic E-state index is 13.3. The third-order valence-electron chi connectivity index (χ3n) is 3.58. The fraction of sp³-hybridized carbons (Fsp3) is 0.647. The van der Waals surface area contributed by atoms with Gasteiger partial charge in [0.05, 0.1) is 6.10 Å². The first-order chi connectivity index (χ1) is 9.69. The van der Waals surface area contributed by atoms with Crippen molar-refractivity contribution >= 4 is 0 Å². The molecule has 1 aromatic rings. The summed E-state index contributed by atoms with van der Waals surface area (Å²) in [7, 11) is 0. The van der Waals surface area contributed by atoms with Crippen LogP contribution in [0.3, 0.4) is 0 Å². The number of unbranched alkanes of at least 4 members (excludes halogenated alkanes) is 4. The van der Waals surface area contributed by atoms with E-state index < -0.39 is 0 Å². The number of hydrogen-bond donors (Lipinski definition) is 1. The Balaban J connectivity index is 2.49. The SMILES string of the molecule is CCCCCCCOC(c1cccc(F)c1)C(N)CC. The van der Waals surface area contributed by atoms with E-state index in [2.05, 4.69) is 6.92 Å². The largest absolute Gasteiger partial charge is 0.372 e. The van der Waals surface area contributed by atoms with E-state index in [1.54, 1.807) is 6.07 Å². The molecule has 0 fully saturated rings. The van der Waals surface area contributed by atoms with Crippen molar-refractivity contribution in [2.75, 3.05) is 6.61 Å². The Kier molecular flexibility index (Phi) is 8.47. The Hall–Kier alpha value is -0.930. The van der Waals surface area contributed by atoms with Crippen LogP contribution in [0.5, 0.6) is 0 Å². The second kappa shape index (κ2) is 9.89. The Morgan fingerprint density at radius 1 is 1.15 bits per heavy atom. The molecular weight excluding hydrogens is 253 g/mol. The quantitative estimate of drug-likeness (QED) is 0.637. The van der Waals surface area contributed by atoms with E-state index in [1.807, 2.05) is 13.0 Å². The van der Waals surface area contributed by atoms with E-state index >= 15 is 0 Å². The lowest BCUT2D eigenvalue weighted by molar-refractivity contribution is 0.0309. The van der Waals surface area contributed by atoms with Crippen LogP contribution in [0.15, 0.2) is 24.3 Å². The van der Waals surface area contributed by atoms with Gasteiger partial charge in [0.1, 0.15) is 5.82 Å². The molecule has 0 saturated carbocycles. The molecule has 0 heterocycles. The van der Waals surface area contributed by atoms with Crippen LogP contribution in [0.1, 0.15) is 64.0 Å². The summed E-state index contributed by atoms with van der Waals surface area (Å²) in [5.41, 5.74) is 6.95. The first kappa shape index (κ1) is 17.1. The molecule has 0 aromatic heterocycles. The summed E-state index contributed by atoms with van der Waals surface area (Å²) in [5, 5.41) is 0. The molecule has 0 amide bonds. The molecule has 0 radical (unpaired) electrons. The molecule has 0 bridgehead atoms. The van der Waals surface area contributed by atoms with E-state index in [0.29, 0.717) is 6.61 Å². The van der Waals surface area contributed by atoms with Crippen molar-refractivity contribution < 1.29 is 9.13 Å². The molecule has 0 aliphatic carbocycles. The molecule has 2 N–H and O–H groups in total. The van der Waals surface area contributed by atoms with Gasteiger partial charge in [-0.2, -0.15) is 0 Å². The van der Waals surface area contributed by atoms with Gasteiger partial charge in [0.25, 0.3) is 0 Å². The zero-order chi connectivity index (χ0) is 14.8. The van der Waals surface area contributed by atoms with Gasteiger partial charge in [-0.05, 0) is 30.5 Å². The van der Waals surface area contributed by atoms with Gasteiger partial charge in [-0.1, -0.05) is 51.7 Å². The van der Waals surface area contributed by atoms with Gasteiger partial charge >= 0.3 is 0 Å².